The lowest BCUT2D eigenvalue weighted by atomic mass is 10.1. The summed E-state index contributed by atoms with van der Waals surface area (Å²) in [5, 5.41) is 12.8. The second kappa shape index (κ2) is 9.81. The Morgan fingerprint density at radius 1 is 1.36 bits per heavy atom. The maximum absolute atomic E-state index is 9.55. The van der Waals surface area contributed by atoms with Crippen LogP contribution in [0.2, 0.25) is 0 Å². The molecule has 0 spiro atoms. The van der Waals surface area contributed by atoms with Crippen molar-refractivity contribution >= 4 is 11.8 Å². The Morgan fingerprint density at radius 3 is 2.64 bits per heavy atom. The van der Waals surface area contributed by atoms with E-state index in [0.717, 1.165) is 19.5 Å². The highest BCUT2D eigenvalue weighted by Gasteiger charge is 2.05. The lowest BCUT2D eigenvalue weighted by molar-refractivity contribution is 0.146. The number of nitrogens with one attached hydrogen (secondary N) is 1. The van der Waals surface area contributed by atoms with Gasteiger partial charge in [0, 0.05) is 6.54 Å². The maximum Gasteiger partial charge on any atom is 0.0667 e. The van der Waals surface area contributed by atoms with Gasteiger partial charge in [-0.15, -0.1) is 0 Å². The third-order valence-electron chi connectivity index (χ3n) is 1.97. The number of rotatable bonds is 9. The summed E-state index contributed by atoms with van der Waals surface area (Å²) in [6.07, 6.45) is 1.93. The van der Waals surface area contributed by atoms with Crippen LogP contribution in [-0.2, 0) is 0 Å². The first-order chi connectivity index (χ1) is 6.66. The highest BCUT2D eigenvalue weighted by Crippen LogP contribution is 2.03. The first kappa shape index (κ1) is 14.3. The van der Waals surface area contributed by atoms with Crippen molar-refractivity contribution in [3.63, 3.8) is 0 Å². The van der Waals surface area contributed by atoms with Crippen LogP contribution in [-0.4, -0.2) is 35.8 Å². The molecule has 0 rings (SSSR count). The van der Waals surface area contributed by atoms with E-state index in [2.05, 4.69) is 26.1 Å². The summed E-state index contributed by atoms with van der Waals surface area (Å²) in [5.74, 6) is 3.02. The molecule has 0 aliphatic heterocycles. The van der Waals surface area contributed by atoms with Gasteiger partial charge in [0.05, 0.1) is 6.10 Å². The fourth-order valence-electron chi connectivity index (χ4n) is 1.34. The molecular weight excluding hydrogens is 194 g/mol. The summed E-state index contributed by atoms with van der Waals surface area (Å²) in [4.78, 5) is 0. The van der Waals surface area contributed by atoms with E-state index in [1.807, 2.05) is 11.8 Å². The van der Waals surface area contributed by atoms with Gasteiger partial charge in [0.25, 0.3) is 0 Å². The van der Waals surface area contributed by atoms with Crippen LogP contribution in [0.5, 0.6) is 0 Å². The minimum Gasteiger partial charge on any atom is -0.392 e. The molecule has 0 aromatic rings. The largest absolute Gasteiger partial charge is 0.392 e. The molecule has 0 radical (unpaired) electrons. The van der Waals surface area contributed by atoms with Gasteiger partial charge in [-0.2, -0.15) is 11.8 Å². The van der Waals surface area contributed by atoms with Crippen molar-refractivity contribution in [3.8, 4) is 0 Å². The van der Waals surface area contributed by atoms with Crippen LogP contribution in [0.1, 0.15) is 33.6 Å². The molecule has 1 unspecified atom stereocenters. The summed E-state index contributed by atoms with van der Waals surface area (Å²) >= 11 is 1.98. The molecule has 0 bridgehead atoms. The molecule has 3 heteroatoms. The number of thioether (sulfide) groups is 1. The van der Waals surface area contributed by atoms with Crippen molar-refractivity contribution in [1.82, 2.24) is 5.32 Å². The second-order valence-corrected chi connectivity index (χ2v) is 5.43. The zero-order valence-electron chi connectivity index (χ0n) is 9.75. The van der Waals surface area contributed by atoms with Crippen LogP contribution in [0.15, 0.2) is 0 Å². The van der Waals surface area contributed by atoms with Crippen molar-refractivity contribution < 1.29 is 5.11 Å². The molecule has 0 heterocycles. The Morgan fingerprint density at radius 2 is 2.07 bits per heavy atom. The molecule has 86 valence electrons. The van der Waals surface area contributed by atoms with Gasteiger partial charge >= 0.3 is 0 Å². The zero-order chi connectivity index (χ0) is 10.8. The van der Waals surface area contributed by atoms with Gasteiger partial charge in [-0.3, -0.25) is 0 Å². The lowest BCUT2D eigenvalue weighted by Gasteiger charge is -2.13. The van der Waals surface area contributed by atoms with Crippen LogP contribution < -0.4 is 5.32 Å². The van der Waals surface area contributed by atoms with Crippen LogP contribution in [0.25, 0.3) is 0 Å². The minimum absolute atomic E-state index is 0.172. The maximum atomic E-state index is 9.55. The molecule has 0 aliphatic carbocycles. The molecule has 0 fully saturated rings. The monoisotopic (exact) mass is 219 g/mol. The average Bonchev–Trinajstić information content (AvgIpc) is 2.10. The number of aliphatic hydroxyl groups excluding tert-OH is 1. The van der Waals surface area contributed by atoms with E-state index >= 15 is 0 Å². The van der Waals surface area contributed by atoms with Gasteiger partial charge in [-0.25, -0.2) is 0 Å². The number of hydrogen-bond acceptors (Lipinski definition) is 3. The fourth-order valence-corrected chi connectivity index (χ4v) is 1.98. The van der Waals surface area contributed by atoms with Gasteiger partial charge in [0.15, 0.2) is 0 Å². The van der Waals surface area contributed by atoms with Gasteiger partial charge in [0.2, 0.25) is 0 Å². The Hall–Kier alpha value is 0.270. The highest BCUT2D eigenvalue weighted by molar-refractivity contribution is 7.99. The van der Waals surface area contributed by atoms with Gasteiger partial charge in [-0.05, 0) is 36.8 Å². The van der Waals surface area contributed by atoms with Crippen LogP contribution in [0.3, 0.4) is 0 Å². The molecule has 0 aliphatic rings. The molecule has 0 aromatic carbocycles. The quantitative estimate of drug-likeness (QED) is 0.583. The highest BCUT2D eigenvalue weighted by atomic mass is 32.2. The van der Waals surface area contributed by atoms with E-state index in [0.29, 0.717) is 5.92 Å². The first-order valence-corrected chi connectivity index (χ1v) is 6.78. The lowest BCUT2D eigenvalue weighted by Crippen LogP contribution is -2.28. The van der Waals surface area contributed by atoms with E-state index in [4.69, 9.17) is 0 Å². The smallest absolute Gasteiger partial charge is 0.0667 e. The zero-order valence-corrected chi connectivity index (χ0v) is 10.6. The van der Waals surface area contributed by atoms with E-state index in [1.165, 1.54) is 17.9 Å². The molecule has 2 N–H and O–H groups in total. The van der Waals surface area contributed by atoms with Crippen molar-refractivity contribution in [1.29, 1.82) is 0 Å². The topological polar surface area (TPSA) is 32.3 Å². The minimum atomic E-state index is -0.172. The summed E-state index contributed by atoms with van der Waals surface area (Å²) in [6.45, 7) is 8.24. The van der Waals surface area contributed by atoms with Crippen molar-refractivity contribution in [2.24, 2.45) is 5.92 Å². The molecule has 2 nitrogen and oxygen atoms in total. The van der Waals surface area contributed by atoms with Crippen LogP contribution in [0, 0.1) is 5.92 Å². The van der Waals surface area contributed by atoms with E-state index in [-0.39, 0.29) is 6.10 Å². The van der Waals surface area contributed by atoms with Crippen molar-refractivity contribution in [3.05, 3.63) is 0 Å². The summed E-state index contributed by atoms with van der Waals surface area (Å²) in [7, 11) is 0. The first-order valence-electron chi connectivity index (χ1n) is 5.63. The molecule has 0 saturated heterocycles. The Bertz CT molecular complexity index is 120. The summed E-state index contributed by atoms with van der Waals surface area (Å²) in [5.41, 5.74) is 0. The van der Waals surface area contributed by atoms with Gasteiger partial charge < -0.3 is 10.4 Å². The molecule has 0 aromatic heterocycles. The average molecular weight is 219 g/mol. The summed E-state index contributed by atoms with van der Waals surface area (Å²) in [6, 6.07) is 0. The molecular formula is C11H25NOS. The normalized spacial score (nSPS) is 13.5. The van der Waals surface area contributed by atoms with Crippen LogP contribution >= 0.6 is 11.8 Å². The molecule has 0 saturated carbocycles. The van der Waals surface area contributed by atoms with Gasteiger partial charge in [0.1, 0.15) is 0 Å². The van der Waals surface area contributed by atoms with E-state index in [1.54, 1.807) is 0 Å². The van der Waals surface area contributed by atoms with E-state index in [9.17, 15) is 5.11 Å². The predicted octanol–water partition coefficient (Wildman–Crippen LogP) is 2.13. The second-order valence-electron chi connectivity index (χ2n) is 4.04. The fraction of sp³-hybridized carbons (Fsp3) is 1.00. The van der Waals surface area contributed by atoms with E-state index < -0.39 is 0 Å². The Labute approximate surface area is 92.9 Å². The van der Waals surface area contributed by atoms with Crippen LogP contribution in [0.4, 0.5) is 0 Å². The SMILES string of the molecule is CCSCCCNCC(O)CC(C)C. The van der Waals surface area contributed by atoms with Gasteiger partial charge in [-0.1, -0.05) is 20.8 Å². The number of aliphatic hydroxyl groups is 1. The molecule has 1 atom stereocenters. The third-order valence-corrected chi connectivity index (χ3v) is 2.96. The predicted molar refractivity (Wildman–Crippen MR) is 65.9 cm³/mol. The Kier molecular flexibility index (Phi) is 10.0. The van der Waals surface area contributed by atoms with Crippen molar-refractivity contribution in [2.75, 3.05) is 24.6 Å². The molecule has 0 amide bonds. The standard InChI is InChI=1S/C11H25NOS/c1-4-14-7-5-6-12-9-11(13)8-10(2)3/h10-13H,4-9H2,1-3H3. The Balaban J connectivity index is 3.10. The van der Waals surface area contributed by atoms with Crippen molar-refractivity contribution in [2.45, 2.75) is 39.7 Å². The third kappa shape index (κ3) is 10.4. The number of hydrogen-bond donors (Lipinski definition) is 2. The molecule has 14 heavy (non-hydrogen) atoms. The summed E-state index contributed by atoms with van der Waals surface area (Å²) < 4.78 is 0.